The van der Waals surface area contributed by atoms with Crippen LogP contribution in [-0.4, -0.2) is 9.97 Å². The lowest BCUT2D eigenvalue weighted by atomic mass is 10.3. The summed E-state index contributed by atoms with van der Waals surface area (Å²) in [5, 5.41) is 0.710. The van der Waals surface area contributed by atoms with E-state index in [1.54, 1.807) is 6.07 Å². The van der Waals surface area contributed by atoms with Gasteiger partial charge in [0, 0.05) is 0 Å². The second-order valence-electron chi connectivity index (χ2n) is 2.54. The molecule has 2 rings (SSSR count). The number of nitrogens with two attached hydrogens (primary N) is 2. The van der Waals surface area contributed by atoms with Gasteiger partial charge in [-0.05, 0) is 13.0 Å². The Hall–Kier alpha value is -1.78. The van der Waals surface area contributed by atoms with Crippen LogP contribution in [0.1, 0.15) is 5.76 Å². The van der Waals surface area contributed by atoms with E-state index in [1.165, 1.54) is 0 Å². The van der Waals surface area contributed by atoms with Crippen LogP contribution in [0, 0.1) is 6.92 Å². The molecular formula is C7H8N4O. The fourth-order valence-electron chi connectivity index (χ4n) is 1.08. The molecule has 0 spiro atoms. The van der Waals surface area contributed by atoms with Crippen molar-refractivity contribution in [2.75, 3.05) is 11.5 Å². The Morgan fingerprint density at radius 3 is 2.83 bits per heavy atom. The summed E-state index contributed by atoms with van der Waals surface area (Å²) >= 11 is 0. The second kappa shape index (κ2) is 2.10. The molecule has 0 atom stereocenters. The van der Waals surface area contributed by atoms with Gasteiger partial charge in [-0.3, -0.25) is 0 Å². The molecule has 0 aromatic carbocycles. The minimum Gasteiger partial charge on any atom is -0.443 e. The Labute approximate surface area is 68.4 Å². The van der Waals surface area contributed by atoms with Crippen LogP contribution in [0.4, 0.5) is 11.8 Å². The third-order valence-corrected chi connectivity index (χ3v) is 1.56. The molecule has 0 radical (unpaired) electrons. The second-order valence-corrected chi connectivity index (χ2v) is 2.54. The van der Waals surface area contributed by atoms with Crippen molar-refractivity contribution in [3.63, 3.8) is 0 Å². The van der Waals surface area contributed by atoms with E-state index in [1.807, 2.05) is 6.92 Å². The molecule has 0 fully saturated rings. The third kappa shape index (κ3) is 0.868. The first-order valence-corrected chi connectivity index (χ1v) is 3.46. The molecule has 0 saturated heterocycles. The average molecular weight is 164 g/mol. The van der Waals surface area contributed by atoms with E-state index in [0.717, 1.165) is 5.76 Å². The first-order chi connectivity index (χ1) is 5.66. The molecule has 0 aliphatic carbocycles. The maximum absolute atomic E-state index is 5.58. The Morgan fingerprint density at radius 2 is 2.08 bits per heavy atom. The summed E-state index contributed by atoms with van der Waals surface area (Å²) in [6.45, 7) is 1.82. The SMILES string of the molecule is Cc1cc2c(N)nc(N)nc2o1. The zero-order valence-electron chi connectivity index (χ0n) is 6.53. The molecular weight excluding hydrogens is 156 g/mol. The van der Waals surface area contributed by atoms with Crippen molar-refractivity contribution in [3.8, 4) is 0 Å². The Balaban J connectivity index is 2.88. The van der Waals surface area contributed by atoms with Gasteiger partial charge < -0.3 is 15.9 Å². The minimum atomic E-state index is 0.134. The summed E-state index contributed by atoms with van der Waals surface area (Å²) in [7, 11) is 0. The number of aromatic nitrogens is 2. The number of nitrogens with zero attached hydrogens (tertiary/aromatic N) is 2. The van der Waals surface area contributed by atoms with Gasteiger partial charge in [-0.15, -0.1) is 0 Å². The van der Waals surface area contributed by atoms with Crippen LogP contribution in [0.2, 0.25) is 0 Å². The van der Waals surface area contributed by atoms with Gasteiger partial charge in [0.25, 0.3) is 0 Å². The van der Waals surface area contributed by atoms with Crippen molar-refractivity contribution >= 4 is 22.9 Å². The highest BCUT2D eigenvalue weighted by Crippen LogP contribution is 2.21. The van der Waals surface area contributed by atoms with Gasteiger partial charge in [0.15, 0.2) is 0 Å². The van der Waals surface area contributed by atoms with Gasteiger partial charge >= 0.3 is 0 Å². The van der Waals surface area contributed by atoms with Crippen molar-refractivity contribution in [1.82, 2.24) is 9.97 Å². The zero-order valence-corrected chi connectivity index (χ0v) is 6.53. The molecule has 2 aromatic rings. The van der Waals surface area contributed by atoms with Crippen LogP contribution in [0.25, 0.3) is 11.1 Å². The first kappa shape index (κ1) is 6.90. The summed E-state index contributed by atoms with van der Waals surface area (Å²) in [6.07, 6.45) is 0. The predicted octanol–water partition coefficient (Wildman–Crippen LogP) is 0.696. The minimum absolute atomic E-state index is 0.134. The number of rotatable bonds is 0. The van der Waals surface area contributed by atoms with Gasteiger partial charge in [0.05, 0.1) is 5.39 Å². The highest BCUT2D eigenvalue weighted by molar-refractivity contribution is 5.85. The summed E-state index contributed by atoms with van der Waals surface area (Å²) in [5.74, 6) is 1.24. The van der Waals surface area contributed by atoms with Gasteiger partial charge in [-0.1, -0.05) is 0 Å². The number of hydrogen-bond donors (Lipinski definition) is 2. The largest absolute Gasteiger partial charge is 0.443 e. The van der Waals surface area contributed by atoms with Gasteiger partial charge in [-0.25, -0.2) is 0 Å². The Bertz CT molecular complexity index is 434. The molecule has 0 saturated carbocycles. The van der Waals surface area contributed by atoms with Crippen LogP contribution in [0.3, 0.4) is 0 Å². The molecule has 0 bridgehead atoms. The first-order valence-electron chi connectivity index (χ1n) is 3.46. The van der Waals surface area contributed by atoms with Crippen molar-refractivity contribution in [2.45, 2.75) is 6.92 Å². The fraction of sp³-hybridized carbons (Fsp3) is 0.143. The van der Waals surface area contributed by atoms with Crippen LogP contribution in [-0.2, 0) is 0 Å². The highest BCUT2D eigenvalue weighted by Gasteiger charge is 2.06. The smallest absolute Gasteiger partial charge is 0.233 e. The summed E-state index contributed by atoms with van der Waals surface area (Å²) < 4.78 is 5.22. The lowest BCUT2D eigenvalue weighted by molar-refractivity contribution is 0.567. The van der Waals surface area contributed by atoms with Crippen molar-refractivity contribution in [1.29, 1.82) is 0 Å². The van der Waals surface area contributed by atoms with Gasteiger partial charge in [0.1, 0.15) is 11.6 Å². The lowest BCUT2D eigenvalue weighted by Gasteiger charge is -1.94. The molecule has 62 valence electrons. The number of hydrogen-bond acceptors (Lipinski definition) is 5. The monoisotopic (exact) mass is 164 g/mol. The van der Waals surface area contributed by atoms with E-state index < -0.39 is 0 Å². The van der Waals surface area contributed by atoms with E-state index in [-0.39, 0.29) is 5.95 Å². The van der Waals surface area contributed by atoms with Crippen LogP contribution in [0.15, 0.2) is 10.5 Å². The van der Waals surface area contributed by atoms with E-state index in [9.17, 15) is 0 Å². The van der Waals surface area contributed by atoms with Crippen LogP contribution >= 0.6 is 0 Å². The van der Waals surface area contributed by atoms with E-state index in [4.69, 9.17) is 15.9 Å². The molecule has 5 heteroatoms. The molecule has 5 nitrogen and oxygen atoms in total. The average Bonchev–Trinajstić information content (AvgIpc) is 2.29. The summed E-state index contributed by atoms with van der Waals surface area (Å²) in [4.78, 5) is 7.68. The van der Waals surface area contributed by atoms with Gasteiger partial charge in [0.2, 0.25) is 11.7 Å². The quantitative estimate of drug-likeness (QED) is 0.597. The van der Waals surface area contributed by atoms with Crippen molar-refractivity contribution in [2.24, 2.45) is 0 Å². The molecule has 0 aliphatic rings. The maximum atomic E-state index is 5.58. The summed E-state index contributed by atoms with van der Waals surface area (Å²) in [6, 6.07) is 1.78. The normalized spacial score (nSPS) is 10.8. The predicted molar refractivity (Wildman–Crippen MR) is 45.4 cm³/mol. The van der Waals surface area contributed by atoms with Crippen molar-refractivity contribution < 1.29 is 4.42 Å². The molecule has 2 aromatic heterocycles. The Kier molecular flexibility index (Phi) is 1.21. The molecule has 2 heterocycles. The Morgan fingerprint density at radius 1 is 1.33 bits per heavy atom. The van der Waals surface area contributed by atoms with E-state index in [0.29, 0.717) is 16.9 Å². The van der Waals surface area contributed by atoms with Crippen LogP contribution < -0.4 is 11.5 Å². The van der Waals surface area contributed by atoms with E-state index >= 15 is 0 Å². The fourth-order valence-corrected chi connectivity index (χ4v) is 1.08. The van der Waals surface area contributed by atoms with Gasteiger partial charge in [-0.2, -0.15) is 9.97 Å². The lowest BCUT2D eigenvalue weighted by Crippen LogP contribution is -1.98. The number of aryl methyl sites for hydroxylation is 1. The highest BCUT2D eigenvalue weighted by atomic mass is 16.3. The number of anilines is 2. The standard InChI is InChI=1S/C7H8N4O/c1-3-2-4-5(8)10-7(9)11-6(4)12-3/h2H,1H3,(H4,8,9,10,11). The van der Waals surface area contributed by atoms with E-state index in [2.05, 4.69) is 9.97 Å². The molecule has 12 heavy (non-hydrogen) atoms. The number of fused-ring (bicyclic) bond motifs is 1. The zero-order chi connectivity index (χ0) is 8.72. The van der Waals surface area contributed by atoms with Crippen LogP contribution in [0.5, 0.6) is 0 Å². The molecule has 4 N–H and O–H groups in total. The topological polar surface area (TPSA) is 91.0 Å². The molecule has 0 amide bonds. The molecule has 0 aliphatic heterocycles. The number of nitrogen functional groups attached to an aromatic ring is 2. The molecule has 0 unspecified atom stereocenters. The van der Waals surface area contributed by atoms with Crippen molar-refractivity contribution in [3.05, 3.63) is 11.8 Å². The number of furan rings is 1. The third-order valence-electron chi connectivity index (χ3n) is 1.56. The summed E-state index contributed by atoms with van der Waals surface area (Å²) in [5.41, 5.74) is 11.4. The maximum Gasteiger partial charge on any atom is 0.233 e.